The zero-order valence-electron chi connectivity index (χ0n) is 15.0. The molecule has 2 N–H and O–H groups in total. The lowest BCUT2D eigenvalue weighted by Gasteiger charge is -2.24. The summed E-state index contributed by atoms with van der Waals surface area (Å²) in [6, 6.07) is 3.51. The van der Waals surface area contributed by atoms with Crippen LogP contribution in [0.5, 0.6) is 0 Å². The minimum atomic E-state index is -0.355. The molecule has 25 heavy (non-hydrogen) atoms. The largest absolute Gasteiger partial charge is 0.396 e. The third-order valence-corrected chi connectivity index (χ3v) is 4.83. The Morgan fingerprint density at radius 2 is 2.00 bits per heavy atom. The van der Waals surface area contributed by atoms with Crippen LogP contribution in [0, 0.1) is 5.92 Å². The number of aromatic nitrogens is 1. The van der Waals surface area contributed by atoms with E-state index in [1.807, 2.05) is 12.1 Å². The quantitative estimate of drug-likeness (QED) is 0.635. The van der Waals surface area contributed by atoms with Gasteiger partial charge in [-0.1, -0.05) is 31.7 Å². The molecule has 1 aromatic rings. The van der Waals surface area contributed by atoms with E-state index in [0.717, 1.165) is 44.1 Å². The Bertz CT molecular complexity index is 550. The van der Waals surface area contributed by atoms with Crippen LogP contribution >= 0.6 is 0 Å². The maximum atomic E-state index is 12.6. The average Bonchev–Trinajstić information content (AvgIpc) is 2.93. The van der Waals surface area contributed by atoms with Crippen molar-refractivity contribution in [1.29, 1.82) is 0 Å². The van der Waals surface area contributed by atoms with Gasteiger partial charge < -0.3 is 15.3 Å². The van der Waals surface area contributed by atoms with E-state index in [9.17, 15) is 9.59 Å². The summed E-state index contributed by atoms with van der Waals surface area (Å²) < 4.78 is 0. The lowest BCUT2D eigenvalue weighted by Crippen LogP contribution is -2.35. The Morgan fingerprint density at radius 1 is 1.28 bits per heavy atom. The van der Waals surface area contributed by atoms with Crippen molar-refractivity contribution < 1.29 is 14.7 Å². The summed E-state index contributed by atoms with van der Waals surface area (Å²) in [6.45, 7) is 0.912. The Labute approximate surface area is 149 Å². The first kappa shape index (κ1) is 19.4. The molecular formula is C19H29N3O3. The molecule has 0 spiro atoms. The van der Waals surface area contributed by atoms with Crippen molar-refractivity contribution in [3.63, 3.8) is 0 Å². The molecule has 0 aromatic carbocycles. The van der Waals surface area contributed by atoms with E-state index in [1.54, 1.807) is 24.3 Å². The van der Waals surface area contributed by atoms with E-state index in [2.05, 4.69) is 10.3 Å². The van der Waals surface area contributed by atoms with Crippen LogP contribution in [0.3, 0.4) is 0 Å². The molecule has 6 heteroatoms. The number of carbonyl (C=O) groups is 2. The van der Waals surface area contributed by atoms with Crippen LogP contribution in [0.1, 0.15) is 56.6 Å². The topological polar surface area (TPSA) is 82.5 Å². The molecule has 138 valence electrons. The number of unbranched alkanes of at least 4 members (excludes halogenated alkanes) is 5. The van der Waals surface area contributed by atoms with E-state index in [-0.39, 0.29) is 36.8 Å². The van der Waals surface area contributed by atoms with Gasteiger partial charge in [0.15, 0.2) is 0 Å². The van der Waals surface area contributed by atoms with E-state index in [0.29, 0.717) is 6.54 Å². The summed E-state index contributed by atoms with van der Waals surface area (Å²) in [4.78, 5) is 30.4. The maximum Gasteiger partial charge on any atom is 0.226 e. The third-order valence-electron chi connectivity index (χ3n) is 4.83. The molecule has 0 unspecified atom stereocenters. The number of pyridine rings is 1. The minimum absolute atomic E-state index is 0.00196. The second-order valence-corrected chi connectivity index (χ2v) is 6.68. The lowest BCUT2D eigenvalue weighted by atomic mass is 9.94. The lowest BCUT2D eigenvalue weighted by molar-refractivity contribution is -0.128. The van der Waals surface area contributed by atoms with Crippen LogP contribution in [0.2, 0.25) is 0 Å². The van der Waals surface area contributed by atoms with Gasteiger partial charge in [0.2, 0.25) is 11.8 Å². The van der Waals surface area contributed by atoms with Crippen LogP contribution in [0.15, 0.2) is 24.5 Å². The van der Waals surface area contributed by atoms with E-state index >= 15 is 0 Å². The molecule has 1 aromatic heterocycles. The molecule has 6 nitrogen and oxygen atoms in total. The van der Waals surface area contributed by atoms with E-state index in [4.69, 9.17) is 5.11 Å². The van der Waals surface area contributed by atoms with Crippen LogP contribution < -0.4 is 5.32 Å². The fraction of sp³-hybridized carbons (Fsp3) is 0.632. The van der Waals surface area contributed by atoms with Gasteiger partial charge in [-0.2, -0.15) is 0 Å². The highest BCUT2D eigenvalue weighted by molar-refractivity contribution is 5.90. The molecule has 2 amide bonds. The first-order valence-electron chi connectivity index (χ1n) is 9.19. The second-order valence-electron chi connectivity index (χ2n) is 6.68. The fourth-order valence-electron chi connectivity index (χ4n) is 3.40. The zero-order valence-corrected chi connectivity index (χ0v) is 15.0. The van der Waals surface area contributed by atoms with Gasteiger partial charge in [-0.15, -0.1) is 0 Å². The van der Waals surface area contributed by atoms with Gasteiger partial charge in [0.1, 0.15) is 0 Å². The van der Waals surface area contributed by atoms with Crippen molar-refractivity contribution in [3.8, 4) is 0 Å². The van der Waals surface area contributed by atoms with Gasteiger partial charge in [-0.3, -0.25) is 14.6 Å². The van der Waals surface area contributed by atoms with E-state index < -0.39 is 0 Å². The molecule has 1 aliphatic rings. The Hall–Kier alpha value is -1.95. The molecule has 0 saturated carbocycles. The maximum absolute atomic E-state index is 12.6. The number of aliphatic hydroxyl groups is 1. The standard InChI is InChI=1S/C19H29N3O3/c1-22-17(24)13-16(18(22)15-9-8-10-20-14-15)19(25)21-11-6-4-2-3-5-7-12-23/h8-10,14,16,18,23H,2-7,11-13H2,1H3,(H,21,25)/t16-,18+/m0/s1. The molecule has 1 fully saturated rings. The van der Waals surface area contributed by atoms with Gasteiger partial charge in [0, 0.05) is 39.0 Å². The number of rotatable bonds is 10. The summed E-state index contributed by atoms with van der Waals surface area (Å²) in [5.74, 6) is -0.407. The predicted molar refractivity (Wildman–Crippen MR) is 95.7 cm³/mol. The van der Waals surface area contributed by atoms with Crippen molar-refractivity contribution in [2.45, 2.75) is 51.0 Å². The second kappa shape index (κ2) is 10.1. The summed E-state index contributed by atoms with van der Waals surface area (Å²) in [7, 11) is 1.75. The van der Waals surface area contributed by atoms with Crippen LogP contribution in [0.25, 0.3) is 0 Å². The highest BCUT2D eigenvalue weighted by Crippen LogP contribution is 2.36. The van der Waals surface area contributed by atoms with Gasteiger partial charge in [0.25, 0.3) is 0 Å². The molecule has 2 heterocycles. The van der Waals surface area contributed by atoms with Gasteiger partial charge in [-0.05, 0) is 24.5 Å². The Balaban J connectivity index is 1.78. The monoisotopic (exact) mass is 347 g/mol. The molecule has 0 bridgehead atoms. The number of carbonyl (C=O) groups excluding carboxylic acids is 2. The fourth-order valence-corrected chi connectivity index (χ4v) is 3.40. The Morgan fingerprint density at radius 3 is 2.68 bits per heavy atom. The summed E-state index contributed by atoms with van der Waals surface area (Å²) in [5, 5.41) is 11.7. The van der Waals surface area contributed by atoms with Crippen LogP contribution in [-0.4, -0.2) is 47.0 Å². The van der Waals surface area contributed by atoms with Crippen molar-refractivity contribution in [2.24, 2.45) is 5.92 Å². The molecule has 0 radical (unpaired) electrons. The summed E-state index contributed by atoms with van der Waals surface area (Å²) in [6.07, 6.45) is 9.87. The first-order valence-corrected chi connectivity index (χ1v) is 9.19. The van der Waals surface area contributed by atoms with Crippen molar-refractivity contribution in [3.05, 3.63) is 30.1 Å². The summed E-state index contributed by atoms with van der Waals surface area (Å²) >= 11 is 0. The molecular weight excluding hydrogens is 318 g/mol. The van der Waals surface area contributed by atoms with E-state index in [1.165, 1.54) is 0 Å². The molecule has 0 aliphatic carbocycles. The number of amides is 2. The van der Waals surface area contributed by atoms with Gasteiger partial charge >= 0.3 is 0 Å². The SMILES string of the molecule is CN1C(=O)C[C@H](C(=O)NCCCCCCCCO)[C@H]1c1cccnc1. The third kappa shape index (κ3) is 5.53. The number of hydrogen-bond donors (Lipinski definition) is 2. The average molecular weight is 347 g/mol. The predicted octanol–water partition coefficient (Wildman–Crippen LogP) is 2.05. The zero-order chi connectivity index (χ0) is 18.1. The minimum Gasteiger partial charge on any atom is -0.396 e. The number of nitrogens with one attached hydrogen (secondary N) is 1. The number of likely N-dealkylation sites (tertiary alicyclic amines) is 1. The molecule has 1 aliphatic heterocycles. The summed E-state index contributed by atoms with van der Waals surface area (Å²) in [5.41, 5.74) is 0.903. The highest BCUT2D eigenvalue weighted by Gasteiger charge is 2.42. The number of hydrogen-bond acceptors (Lipinski definition) is 4. The smallest absolute Gasteiger partial charge is 0.226 e. The molecule has 2 atom stereocenters. The first-order chi connectivity index (χ1) is 12.1. The molecule has 2 rings (SSSR count). The van der Waals surface area contributed by atoms with Gasteiger partial charge in [0.05, 0.1) is 12.0 Å². The number of aliphatic hydroxyl groups excluding tert-OH is 1. The van der Waals surface area contributed by atoms with Crippen molar-refractivity contribution >= 4 is 11.8 Å². The highest BCUT2D eigenvalue weighted by atomic mass is 16.3. The van der Waals surface area contributed by atoms with Crippen LogP contribution in [-0.2, 0) is 9.59 Å². The Kier molecular flexibility index (Phi) is 7.85. The molecule has 1 saturated heterocycles. The van der Waals surface area contributed by atoms with Crippen LogP contribution in [0.4, 0.5) is 0 Å². The number of nitrogens with zero attached hydrogens (tertiary/aromatic N) is 2. The van der Waals surface area contributed by atoms with Crippen molar-refractivity contribution in [1.82, 2.24) is 15.2 Å². The van der Waals surface area contributed by atoms with Gasteiger partial charge in [-0.25, -0.2) is 0 Å². The normalized spacial score (nSPS) is 20.1. The van der Waals surface area contributed by atoms with Crippen molar-refractivity contribution in [2.75, 3.05) is 20.2 Å².